The highest BCUT2D eigenvalue weighted by molar-refractivity contribution is 7.39. The van der Waals surface area contributed by atoms with E-state index in [0.29, 0.717) is 13.0 Å². The summed E-state index contributed by atoms with van der Waals surface area (Å²) in [6, 6.07) is 0. The molecule has 174 valence electrons. The minimum Gasteiger partial charge on any atom is -0.356 e. The maximum Gasteiger partial charge on any atom is 0.327 e. The molecule has 0 atom stereocenters. The second-order valence-corrected chi connectivity index (χ2v) is 8.21. The molecule has 0 bridgehead atoms. The van der Waals surface area contributed by atoms with Gasteiger partial charge in [0.2, 0.25) is 5.91 Å². The van der Waals surface area contributed by atoms with Crippen LogP contribution in [0.5, 0.6) is 0 Å². The Balaban J connectivity index is 3.29. The van der Waals surface area contributed by atoms with E-state index in [2.05, 4.69) is 48.7 Å². The van der Waals surface area contributed by atoms with Crippen molar-refractivity contribution in [3.63, 3.8) is 0 Å². The third-order valence-corrected chi connectivity index (χ3v) is 5.07. The molecule has 0 aliphatic heterocycles. The Morgan fingerprint density at radius 2 is 1.40 bits per heavy atom. The number of rotatable bonds is 21. The van der Waals surface area contributed by atoms with Crippen molar-refractivity contribution in [1.82, 2.24) is 5.32 Å². The van der Waals surface area contributed by atoms with Crippen LogP contribution in [-0.2, 0) is 9.32 Å². The van der Waals surface area contributed by atoms with Crippen molar-refractivity contribution in [3.05, 3.63) is 36.5 Å². The summed E-state index contributed by atoms with van der Waals surface area (Å²) in [4.78, 5) is 29.0. The summed E-state index contributed by atoms with van der Waals surface area (Å²) in [5.41, 5.74) is 0. The molecular weight excluding hydrogens is 397 g/mol. The van der Waals surface area contributed by atoms with Crippen LogP contribution in [-0.4, -0.2) is 28.8 Å². The van der Waals surface area contributed by atoms with E-state index in [1.165, 1.54) is 19.3 Å². The van der Waals surface area contributed by atoms with Crippen molar-refractivity contribution in [3.8, 4) is 0 Å². The van der Waals surface area contributed by atoms with E-state index < -0.39 is 8.60 Å². The molecule has 30 heavy (non-hydrogen) atoms. The van der Waals surface area contributed by atoms with Gasteiger partial charge in [-0.15, -0.1) is 0 Å². The zero-order valence-corrected chi connectivity index (χ0v) is 19.8. The van der Waals surface area contributed by atoms with Crippen LogP contribution in [0, 0.1) is 0 Å². The monoisotopic (exact) mass is 441 g/mol. The van der Waals surface area contributed by atoms with Crippen LogP contribution in [0.1, 0.15) is 96.8 Å². The number of hydrogen-bond donors (Lipinski definition) is 3. The minimum atomic E-state index is -2.22. The lowest BCUT2D eigenvalue weighted by atomic mass is 10.1. The van der Waals surface area contributed by atoms with Crippen LogP contribution in [0.15, 0.2) is 36.5 Å². The maximum atomic E-state index is 11.8. The molecule has 0 aliphatic rings. The maximum absolute atomic E-state index is 11.8. The Kier molecular flexibility index (Phi) is 23.5. The number of hydrogen-bond acceptors (Lipinski definition) is 4. The molecular formula is C24H44NO4P. The fourth-order valence-corrected chi connectivity index (χ4v) is 3.24. The SMILES string of the molecule is CC/C=C\C/C=C\C/C=C\CCCCCCCC(=O)NCCCCCCOP(O)O. The summed E-state index contributed by atoms with van der Waals surface area (Å²) in [5.74, 6) is 0.158. The zero-order valence-electron chi connectivity index (χ0n) is 18.9. The molecule has 0 aromatic carbocycles. The second-order valence-electron chi connectivity index (χ2n) is 7.45. The fourth-order valence-electron chi connectivity index (χ4n) is 2.95. The van der Waals surface area contributed by atoms with Gasteiger partial charge in [-0.05, 0) is 51.4 Å². The van der Waals surface area contributed by atoms with Gasteiger partial charge in [0.25, 0.3) is 0 Å². The first-order valence-corrected chi connectivity index (χ1v) is 12.9. The first-order valence-electron chi connectivity index (χ1n) is 11.7. The Hall–Kier alpha value is -1.00. The van der Waals surface area contributed by atoms with E-state index in [0.717, 1.165) is 70.8 Å². The van der Waals surface area contributed by atoms with E-state index in [1.807, 2.05) is 0 Å². The van der Waals surface area contributed by atoms with E-state index in [4.69, 9.17) is 14.3 Å². The summed E-state index contributed by atoms with van der Waals surface area (Å²) >= 11 is 0. The second kappa shape index (κ2) is 24.3. The summed E-state index contributed by atoms with van der Waals surface area (Å²) in [6.07, 6.45) is 27.9. The fraction of sp³-hybridized carbons (Fsp3) is 0.708. The average molecular weight is 442 g/mol. The van der Waals surface area contributed by atoms with Crippen LogP contribution >= 0.6 is 8.60 Å². The molecule has 0 unspecified atom stereocenters. The van der Waals surface area contributed by atoms with Crippen LogP contribution in [0.4, 0.5) is 0 Å². The van der Waals surface area contributed by atoms with Gasteiger partial charge < -0.3 is 19.6 Å². The zero-order chi connectivity index (χ0) is 22.1. The van der Waals surface area contributed by atoms with Crippen molar-refractivity contribution >= 4 is 14.5 Å². The highest BCUT2D eigenvalue weighted by Gasteiger charge is 2.01. The van der Waals surface area contributed by atoms with Gasteiger partial charge in [-0.2, -0.15) is 0 Å². The van der Waals surface area contributed by atoms with Crippen molar-refractivity contribution in [2.24, 2.45) is 0 Å². The number of carbonyl (C=O) groups excluding carboxylic acids is 1. The van der Waals surface area contributed by atoms with E-state index in [-0.39, 0.29) is 5.91 Å². The average Bonchev–Trinajstić information content (AvgIpc) is 2.72. The molecule has 0 aromatic rings. The van der Waals surface area contributed by atoms with Crippen LogP contribution in [0.3, 0.4) is 0 Å². The van der Waals surface area contributed by atoms with E-state index >= 15 is 0 Å². The number of amides is 1. The van der Waals surface area contributed by atoms with Crippen LogP contribution in [0.2, 0.25) is 0 Å². The first-order chi connectivity index (χ1) is 14.7. The largest absolute Gasteiger partial charge is 0.356 e. The lowest BCUT2D eigenvalue weighted by molar-refractivity contribution is -0.121. The predicted octanol–water partition coefficient (Wildman–Crippen LogP) is 6.48. The number of unbranched alkanes of at least 4 members (excludes halogenated alkanes) is 8. The number of nitrogens with one attached hydrogen (secondary N) is 1. The molecule has 6 heteroatoms. The molecule has 0 aromatic heterocycles. The highest BCUT2D eigenvalue weighted by atomic mass is 31.2. The van der Waals surface area contributed by atoms with Gasteiger partial charge in [-0.25, -0.2) is 0 Å². The van der Waals surface area contributed by atoms with Crippen LogP contribution in [0.25, 0.3) is 0 Å². The van der Waals surface area contributed by atoms with Crippen molar-refractivity contribution in [2.45, 2.75) is 96.8 Å². The van der Waals surface area contributed by atoms with Crippen molar-refractivity contribution in [1.29, 1.82) is 0 Å². The first kappa shape index (κ1) is 29.0. The third kappa shape index (κ3) is 25.0. The Morgan fingerprint density at radius 1 is 0.800 bits per heavy atom. The lowest BCUT2D eigenvalue weighted by Gasteiger charge is -2.06. The van der Waals surface area contributed by atoms with Crippen molar-refractivity contribution < 1.29 is 19.1 Å². The Bertz CT molecular complexity index is 464. The summed E-state index contributed by atoms with van der Waals surface area (Å²) in [5, 5.41) is 2.98. The molecule has 5 nitrogen and oxygen atoms in total. The molecule has 1 amide bonds. The van der Waals surface area contributed by atoms with Gasteiger partial charge in [-0.1, -0.05) is 75.5 Å². The quantitative estimate of drug-likeness (QED) is 0.108. The normalized spacial score (nSPS) is 12.1. The molecule has 0 fully saturated rings. The molecule has 3 N–H and O–H groups in total. The summed E-state index contributed by atoms with van der Waals surface area (Å²) in [7, 11) is -2.22. The number of carbonyl (C=O) groups is 1. The van der Waals surface area contributed by atoms with E-state index in [1.54, 1.807) is 0 Å². The molecule has 0 rings (SSSR count). The number of allylic oxidation sites excluding steroid dienone is 6. The molecule has 0 spiro atoms. The van der Waals surface area contributed by atoms with Gasteiger partial charge in [0.1, 0.15) is 0 Å². The van der Waals surface area contributed by atoms with Crippen molar-refractivity contribution in [2.75, 3.05) is 13.2 Å². The molecule has 0 heterocycles. The Morgan fingerprint density at radius 3 is 2.13 bits per heavy atom. The van der Waals surface area contributed by atoms with Gasteiger partial charge in [-0.3, -0.25) is 4.79 Å². The predicted molar refractivity (Wildman–Crippen MR) is 128 cm³/mol. The smallest absolute Gasteiger partial charge is 0.327 e. The van der Waals surface area contributed by atoms with Crippen LogP contribution < -0.4 is 5.32 Å². The highest BCUT2D eigenvalue weighted by Crippen LogP contribution is 2.24. The van der Waals surface area contributed by atoms with Gasteiger partial charge >= 0.3 is 8.60 Å². The Labute approximate surface area is 185 Å². The van der Waals surface area contributed by atoms with E-state index in [9.17, 15) is 4.79 Å². The topological polar surface area (TPSA) is 78.8 Å². The molecule has 0 saturated heterocycles. The standard InChI is InChI=1S/C24H44NO4P/c1-2-3-4-5-6-7-8-9-10-11-12-13-14-15-18-21-24(26)25-22-19-16-17-20-23-29-30(27)28/h3-4,6-7,9-10,27-28H,2,5,8,11-23H2,1H3,(H,25,26)/b4-3-,7-6-,10-9-. The van der Waals surface area contributed by atoms with Gasteiger partial charge in [0.15, 0.2) is 0 Å². The van der Waals surface area contributed by atoms with Gasteiger partial charge in [0.05, 0.1) is 6.61 Å². The molecule has 0 radical (unpaired) electrons. The van der Waals surface area contributed by atoms with Gasteiger partial charge in [0, 0.05) is 13.0 Å². The summed E-state index contributed by atoms with van der Waals surface area (Å²) < 4.78 is 4.70. The molecule has 0 aliphatic carbocycles. The minimum absolute atomic E-state index is 0.158. The molecule has 0 saturated carbocycles. The summed E-state index contributed by atoms with van der Waals surface area (Å²) in [6.45, 7) is 3.26. The third-order valence-electron chi connectivity index (χ3n) is 4.65. The lowest BCUT2D eigenvalue weighted by Crippen LogP contribution is -2.23.